The van der Waals surface area contributed by atoms with E-state index in [1.165, 1.54) is 199 Å². The molecule has 1 aromatic rings. The Hall–Kier alpha value is -0.850. The van der Waals surface area contributed by atoms with Crippen LogP contribution in [-0.4, -0.2) is 0 Å². The molecule has 234 valence electrons. The average Bonchev–Trinajstić information content (AvgIpc) is 2.96. The van der Waals surface area contributed by atoms with Crippen molar-refractivity contribution in [1.82, 2.24) is 0 Å². The van der Waals surface area contributed by atoms with E-state index < -0.39 is 0 Å². The fourth-order valence-electron chi connectivity index (χ4n) is 6.24. The van der Waals surface area contributed by atoms with Crippen LogP contribution in [0.2, 0.25) is 0 Å². The predicted molar refractivity (Wildman–Crippen MR) is 180 cm³/mol. The summed E-state index contributed by atoms with van der Waals surface area (Å²) >= 11 is 0. The van der Waals surface area contributed by atoms with Crippen LogP contribution in [0.3, 0.4) is 0 Å². The molecule has 40 heavy (non-hydrogen) atoms. The van der Waals surface area contributed by atoms with E-state index >= 15 is 0 Å². The van der Waals surface area contributed by atoms with E-state index in [1.807, 2.05) is 0 Å². The van der Waals surface area contributed by atoms with Crippen molar-refractivity contribution in [3.05, 3.63) is 29.6 Å². The van der Waals surface area contributed by atoms with Crippen molar-refractivity contribution in [2.75, 3.05) is 0 Å². The average molecular weight is 557 g/mol. The zero-order valence-electron chi connectivity index (χ0n) is 28.1. The highest BCUT2D eigenvalue weighted by atomic mass is 14.9. The second-order valence-corrected chi connectivity index (χ2v) is 13.1. The standard InChI is InChI=1S/C39H74N/c1-4-7-10-13-16-17-18-19-20-21-22-25-28-31-34-40-36-38(32-29-26-23-14-11-8-5-2)35-39(37-40)33-30-27-24-15-12-9-6-3/h35-37H,4-34H2,1-3H3/q+1. The van der Waals surface area contributed by atoms with Gasteiger partial charge in [0.25, 0.3) is 0 Å². The van der Waals surface area contributed by atoms with Gasteiger partial charge in [-0.3, -0.25) is 0 Å². The number of unbranched alkanes of at least 4 members (excludes halogenated alkanes) is 25. The van der Waals surface area contributed by atoms with Crippen LogP contribution in [0, 0.1) is 0 Å². The largest absolute Gasteiger partial charge is 0.205 e. The van der Waals surface area contributed by atoms with Gasteiger partial charge in [0.1, 0.15) is 6.54 Å². The van der Waals surface area contributed by atoms with Crippen LogP contribution in [0.15, 0.2) is 18.5 Å². The number of aryl methyl sites for hydroxylation is 3. The Morgan fingerprint density at radius 2 is 0.625 bits per heavy atom. The van der Waals surface area contributed by atoms with Gasteiger partial charge in [0.05, 0.1) is 0 Å². The predicted octanol–water partition coefficient (Wildman–Crippen LogP) is 13.0. The lowest BCUT2D eigenvalue weighted by Crippen LogP contribution is -2.34. The van der Waals surface area contributed by atoms with E-state index in [0.29, 0.717) is 0 Å². The molecule has 1 rings (SSSR count). The minimum atomic E-state index is 1.22. The molecular formula is C39H74N+. The molecule has 1 aromatic heterocycles. The lowest BCUT2D eigenvalue weighted by molar-refractivity contribution is -0.698. The van der Waals surface area contributed by atoms with Gasteiger partial charge >= 0.3 is 0 Å². The van der Waals surface area contributed by atoms with E-state index in [-0.39, 0.29) is 0 Å². The second kappa shape index (κ2) is 29.6. The quantitative estimate of drug-likeness (QED) is 0.0632. The van der Waals surface area contributed by atoms with E-state index in [2.05, 4.69) is 43.8 Å². The summed E-state index contributed by atoms with van der Waals surface area (Å²) in [6.45, 7) is 8.15. The molecule has 0 N–H and O–H groups in total. The van der Waals surface area contributed by atoms with Gasteiger partial charge in [0, 0.05) is 17.5 Å². The van der Waals surface area contributed by atoms with Crippen molar-refractivity contribution in [2.45, 2.75) is 220 Å². The summed E-state index contributed by atoms with van der Waals surface area (Å²) in [4.78, 5) is 0. The molecule has 0 radical (unpaired) electrons. The number of rotatable bonds is 31. The molecule has 0 bridgehead atoms. The van der Waals surface area contributed by atoms with Gasteiger partial charge in [-0.2, -0.15) is 0 Å². The monoisotopic (exact) mass is 557 g/mol. The maximum Gasteiger partial charge on any atom is 0.171 e. The van der Waals surface area contributed by atoms with Crippen molar-refractivity contribution >= 4 is 0 Å². The van der Waals surface area contributed by atoms with Gasteiger partial charge in [0.2, 0.25) is 0 Å². The van der Waals surface area contributed by atoms with Gasteiger partial charge in [0.15, 0.2) is 12.4 Å². The summed E-state index contributed by atoms with van der Waals surface area (Å²) in [5.74, 6) is 0. The molecule has 1 nitrogen and oxygen atoms in total. The Bertz CT molecular complexity index is 599. The first-order valence-corrected chi connectivity index (χ1v) is 18.8. The lowest BCUT2D eigenvalue weighted by atomic mass is 10.0. The van der Waals surface area contributed by atoms with Crippen LogP contribution in [-0.2, 0) is 19.4 Å². The number of aromatic nitrogens is 1. The molecule has 0 aliphatic rings. The molecule has 0 aromatic carbocycles. The molecule has 0 saturated carbocycles. The first-order valence-electron chi connectivity index (χ1n) is 18.8. The Kier molecular flexibility index (Phi) is 27.5. The summed E-state index contributed by atoms with van der Waals surface area (Å²) in [6.07, 6.45) is 47.4. The summed E-state index contributed by atoms with van der Waals surface area (Å²) in [6, 6.07) is 2.55. The Morgan fingerprint density at radius 1 is 0.350 bits per heavy atom. The third kappa shape index (κ3) is 23.8. The van der Waals surface area contributed by atoms with E-state index in [1.54, 1.807) is 11.1 Å². The maximum atomic E-state index is 2.56. The number of hydrogen-bond acceptors (Lipinski definition) is 0. The molecule has 0 aliphatic carbocycles. The van der Waals surface area contributed by atoms with Crippen molar-refractivity contribution in [2.24, 2.45) is 0 Å². The highest BCUT2D eigenvalue weighted by molar-refractivity contribution is 5.15. The van der Waals surface area contributed by atoms with E-state index in [4.69, 9.17) is 0 Å². The first-order chi connectivity index (χ1) is 19.8. The van der Waals surface area contributed by atoms with Crippen LogP contribution >= 0.6 is 0 Å². The SMILES string of the molecule is CCCCCCCCCCCCCCCC[n+]1cc(CCCCCCCCC)cc(CCCCCCCCC)c1. The van der Waals surface area contributed by atoms with Gasteiger partial charge in [-0.05, 0) is 38.2 Å². The van der Waals surface area contributed by atoms with Gasteiger partial charge in [-0.1, -0.05) is 175 Å². The van der Waals surface area contributed by atoms with Gasteiger partial charge in [-0.25, -0.2) is 4.57 Å². The molecular weight excluding hydrogens is 482 g/mol. The molecule has 0 saturated heterocycles. The minimum absolute atomic E-state index is 1.22. The third-order valence-electron chi connectivity index (χ3n) is 8.94. The molecule has 0 amide bonds. The Morgan fingerprint density at radius 3 is 0.950 bits per heavy atom. The number of hydrogen-bond donors (Lipinski definition) is 0. The first kappa shape index (κ1) is 37.2. The fourth-order valence-corrected chi connectivity index (χ4v) is 6.24. The zero-order chi connectivity index (χ0) is 28.8. The second-order valence-electron chi connectivity index (χ2n) is 13.1. The van der Waals surface area contributed by atoms with E-state index in [9.17, 15) is 0 Å². The molecule has 0 fully saturated rings. The van der Waals surface area contributed by atoms with Gasteiger partial charge < -0.3 is 0 Å². The molecule has 0 spiro atoms. The highest BCUT2D eigenvalue weighted by Crippen LogP contribution is 2.15. The molecule has 0 atom stereocenters. The maximum absolute atomic E-state index is 2.56. The fraction of sp³-hybridized carbons (Fsp3) is 0.872. The van der Waals surface area contributed by atoms with Crippen molar-refractivity contribution < 1.29 is 4.57 Å². The van der Waals surface area contributed by atoms with Crippen LogP contribution in [0.5, 0.6) is 0 Å². The smallest absolute Gasteiger partial charge is 0.171 e. The van der Waals surface area contributed by atoms with Crippen LogP contribution < -0.4 is 4.57 Å². The van der Waals surface area contributed by atoms with Gasteiger partial charge in [-0.15, -0.1) is 0 Å². The molecule has 0 aliphatic heterocycles. The molecule has 0 unspecified atom stereocenters. The summed E-state index contributed by atoms with van der Waals surface area (Å²) < 4.78 is 2.56. The minimum Gasteiger partial charge on any atom is -0.205 e. The topological polar surface area (TPSA) is 3.88 Å². The summed E-state index contributed by atoms with van der Waals surface area (Å²) in [5.41, 5.74) is 3.19. The van der Waals surface area contributed by atoms with Crippen molar-refractivity contribution in [3.63, 3.8) is 0 Å². The van der Waals surface area contributed by atoms with Crippen molar-refractivity contribution in [1.29, 1.82) is 0 Å². The third-order valence-corrected chi connectivity index (χ3v) is 8.94. The van der Waals surface area contributed by atoms with Crippen LogP contribution in [0.1, 0.15) is 212 Å². The molecule has 1 heterocycles. The highest BCUT2D eigenvalue weighted by Gasteiger charge is 2.09. The van der Waals surface area contributed by atoms with Crippen LogP contribution in [0.25, 0.3) is 0 Å². The Balaban J connectivity index is 2.29. The number of pyridine rings is 1. The summed E-state index contributed by atoms with van der Waals surface area (Å²) in [7, 11) is 0. The number of nitrogens with zero attached hydrogens (tertiary/aromatic N) is 1. The molecule has 1 heteroatoms. The summed E-state index contributed by atoms with van der Waals surface area (Å²) in [5, 5.41) is 0. The van der Waals surface area contributed by atoms with Crippen LogP contribution in [0.4, 0.5) is 0 Å². The Labute approximate surface area is 253 Å². The van der Waals surface area contributed by atoms with Crippen molar-refractivity contribution in [3.8, 4) is 0 Å². The van der Waals surface area contributed by atoms with E-state index in [0.717, 1.165) is 0 Å². The normalized spacial score (nSPS) is 11.5. The lowest BCUT2D eigenvalue weighted by Gasteiger charge is -2.07. The zero-order valence-corrected chi connectivity index (χ0v) is 28.1.